The van der Waals surface area contributed by atoms with Gasteiger partial charge in [-0.15, -0.1) is 0 Å². The van der Waals surface area contributed by atoms with E-state index in [2.05, 4.69) is 15.0 Å². The zero-order valence-electron chi connectivity index (χ0n) is 22.9. The highest BCUT2D eigenvalue weighted by atomic mass is 35.5. The number of nitrogens with zero attached hydrogens (tertiary/aromatic N) is 5. The molecular formula is C30H25ClF3N5O3. The smallest absolute Gasteiger partial charge is 0.274 e. The molecule has 5 heterocycles. The number of hydrogen-bond acceptors (Lipinski definition) is 6. The van der Waals surface area contributed by atoms with Crippen LogP contribution in [0.25, 0.3) is 16.9 Å². The zero-order chi connectivity index (χ0) is 29.9. The Labute approximate surface area is 243 Å². The van der Waals surface area contributed by atoms with Gasteiger partial charge in [0.15, 0.2) is 11.6 Å². The van der Waals surface area contributed by atoms with Gasteiger partial charge in [0.2, 0.25) is 5.91 Å². The number of aryl methyl sites for hydroxylation is 2. The standard InChI is InChI=1S/C30H25ClF3N5O3/c1-14-9-37-27(20-4-5-36-29(25(20)33)42-19-12-38(13-19)16(3)40)26(34)28(14)39-15(2)6-23(24(31)30(39)41)22-8-21(22)17-7-18(32)11-35-10-17/h4-7,9-11,19,21-22H,8,12-13H2,1-3H3/t21-,22+/m1/s1. The van der Waals surface area contributed by atoms with Crippen molar-refractivity contribution in [1.82, 2.24) is 24.4 Å². The van der Waals surface area contributed by atoms with Crippen LogP contribution >= 0.6 is 11.6 Å². The lowest BCUT2D eigenvalue weighted by Crippen LogP contribution is -2.55. The molecule has 6 rings (SSSR count). The van der Waals surface area contributed by atoms with Crippen LogP contribution in [0.4, 0.5) is 13.2 Å². The van der Waals surface area contributed by atoms with Crippen LogP contribution in [0.15, 0.2) is 47.8 Å². The van der Waals surface area contributed by atoms with Crippen LogP contribution in [0.1, 0.15) is 47.6 Å². The number of rotatable bonds is 6. The van der Waals surface area contributed by atoms with E-state index in [0.29, 0.717) is 36.3 Å². The van der Waals surface area contributed by atoms with Crippen molar-refractivity contribution in [2.45, 2.75) is 45.1 Å². The second-order valence-corrected chi connectivity index (χ2v) is 11.1. The fraction of sp³-hybridized carbons (Fsp3) is 0.300. The monoisotopic (exact) mass is 595 g/mol. The molecule has 216 valence electrons. The summed E-state index contributed by atoms with van der Waals surface area (Å²) in [5.41, 5.74) is 0.811. The molecule has 1 aliphatic carbocycles. The molecule has 0 unspecified atom stereocenters. The molecule has 0 N–H and O–H groups in total. The Morgan fingerprint density at radius 3 is 2.52 bits per heavy atom. The molecule has 0 aromatic carbocycles. The number of pyridine rings is 4. The number of aromatic nitrogens is 4. The highest BCUT2D eigenvalue weighted by Gasteiger charge is 2.42. The third-order valence-corrected chi connectivity index (χ3v) is 8.17. The molecule has 1 aliphatic heterocycles. The van der Waals surface area contributed by atoms with Gasteiger partial charge in [-0.25, -0.2) is 18.2 Å². The van der Waals surface area contributed by atoms with Gasteiger partial charge in [-0.05, 0) is 67.0 Å². The van der Waals surface area contributed by atoms with E-state index in [1.54, 1.807) is 31.0 Å². The molecule has 2 atom stereocenters. The molecule has 8 nitrogen and oxygen atoms in total. The molecular weight excluding hydrogens is 571 g/mol. The lowest BCUT2D eigenvalue weighted by molar-refractivity contribution is -0.137. The van der Waals surface area contributed by atoms with E-state index >= 15 is 8.78 Å². The summed E-state index contributed by atoms with van der Waals surface area (Å²) in [4.78, 5) is 38.5. The van der Waals surface area contributed by atoms with Gasteiger partial charge in [0.05, 0.1) is 25.0 Å². The van der Waals surface area contributed by atoms with E-state index in [9.17, 15) is 14.0 Å². The van der Waals surface area contributed by atoms with Crippen molar-refractivity contribution in [3.8, 4) is 22.8 Å². The predicted molar refractivity (Wildman–Crippen MR) is 148 cm³/mol. The largest absolute Gasteiger partial charge is 0.468 e. The van der Waals surface area contributed by atoms with Gasteiger partial charge in [0, 0.05) is 36.8 Å². The van der Waals surface area contributed by atoms with Gasteiger partial charge in [0.1, 0.15) is 22.6 Å². The van der Waals surface area contributed by atoms with Crippen LogP contribution in [0.5, 0.6) is 5.88 Å². The van der Waals surface area contributed by atoms with E-state index in [0.717, 1.165) is 16.3 Å². The van der Waals surface area contributed by atoms with Crippen LogP contribution in [-0.4, -0.2) is 49.5 Å². The van der Waals surface area contributed by atoms with Crippen molar-refractivity contribution in [3.63, 3.8) is 0 Å². The fourth-order valence-corrected chi connectivity index (χ4v) is 5.74. The molecule has 42 heavy (non-hydrogen) atoms. The van der Waals surface area contributed by atoms with E-state index in [1.165, 1.54) is 31.5 Å². The van der Waals surface area contributed by atoms with Crippen LogP contribution in [0.3, 0.4) is 0 Å². The minimum absolute atomic E-state index is 0.0390. The highest BCUT2D eigenvalue weighted by Crippen LogP contribution is 2.55. The number of likely N-dealkylation sites (tertiary alicyclic amines) is 1. The van der Waals surface area contributed by atoms with Crippen LogP contribution in [0.2, 0.25) is 5.02 Å². The summed E-state index contributed by atoms with van der Waals surface area (Å²) in [5, 5.41) is -0.0690. The summed E-state index contributed by atoms with van der Waals surface area (Å²) in [7, 11) is 0. The van der Waals surface area contributed by atoms with Gasteiger partial charge in [-0.2, -0.15) is 0 Å². The van der Waals surface area contributed by atoms with Crippen LogP contribution in [0, 0.1) is 31.3 Å². The summed E-state index contributed by atoms with van der Waals surface area (Å²) >= 11 is 6.57. The Morgan fingerprint density at radius 2 is 1.81 bits per heavy atom. The Hall–Kier alpha value is -4.25. The predicted octanol–water partition coefficient (Wildman–Crippen LogP) is 5.26. The first-order chi connectivity index (χ1) is 20.0. The second kappa shape index (κ2) is 10.5. The van der Waals surface area contributed by atoms with Crippen molar-refractivity contribution in [3.05, 3.63) is 98.2 Å². The summed E-state index contributed by atoms with van der Waals surface area (Å²) in [6, 6.07) is 4.41. The first-order valence-electron chi connectivity index (χ1n) is 13.3. The van der Waals surface area contributed by atoms with E-state index in [4.69, 9.17) is 16.3 Å². The Kier molecular flexibility index (Phi) is 7.00. The molecule has 0 radical (unpaired) electrons. The van der Waals surface area contributed by atoms with Gasteiger partial charge < -0.3 is 9.64 Å². The van der Waals surface area contributed by atoms with E-state index in [-0.39, 0.29) is 45.6 Å². The second-order valence-electron chi connectivity index (χ2n) is 10.7. The number of halogens is 4. The Balaban J connectivity index is 1.35. The van der Waals surface area contributed by atoms with Crippen LogP contribution < -0.4 is 10.3 Å². The minimum atomic E-state index is -0.915. The normalized spacial score (nSPS) is 18.1. The molecule has 4 aromatic heterocycles. The Bertz CT molecular complexity index is 1810. The van der Waals surface area contributed by atoms with Crippen molar-refractivity contribution < 1.29 is 22.7 Å². The maximum absolute atomic E-state index is 16.2. The first-order valence-corrected chi connectivity index (χ1v) is 13.7. The molecule has 0 spiro atoms. The minimum Gasteiger partial charge on any atom is -0.468 e. The molecule has 1 saturated carbocycles. The number of amides is 1. The SMILES string of the molecule is CC(=O)N1CC(Oc2nccc(-c3ncc(C)c(-n4c(C)cc([C@H]5C[C@@H]5c5cncc(F)c5)c(Cl)c4=O)c3F)c2F)C1. The molecule has 1 saturated heterocycles. The maximum atomic E-state index is 16.2. The summed E-state index contributed by atoms with van der Waals surface area (Å²) < 4.78 is 52.2. The topological polar surface area (TPSA) is 90.2 Å². The summed E-state index contributed by atoms with van der Waals surface area (Å²) in [6.07, 6.45) is 5.57. The van der Waals surface area contributed by atoms with E-state index in [1.807, 2.05) is 0 Å². The van der Waals surface area contributed by atoms with Crippen molar-refractivity contribution >= 4 is 17.5 Å². The quantitative estimate of drug-likeness (QED) is 0.302. The lowest BCUT2D eigenvalue weighted by Gasteiger charge is -2.37. The third kappa shape index (κ3) is 4.81. The van der Waals surface area contributed by atoms with Gasteiger partial charge in [-0.3, -0.25) is 24.1 Å². The summed E-state index contributed by atoms with van der Waals surface area (Å²) in [5.74, 6) is -2.87. The average molecular weight is 596 g/mol. The van der Waals surface area contributed by atoms with Gasteiger partial charge >= 0.3 is 0 Å². The average Bonchev–Trinajstić information content (AvgIpc) is 3.72. The Morgan fingerprint density at radius 1 is 1.05 bits per heavy atom. The number of hydrogen-bond donors (Lipinski definition) is 0. The molecule has 4 aromatic rings. The first kappa shape index (κ1) is 27.9. The van der Waals surface area contributed by atoms with Crippen molar-refractivity contribution in [1.29, 1.82) is 0 Å². The van der Waals surface area contributed by atoms with Crippen LogP contribution in [-0.2, 0) is 4.79 Å². The lowest BCUT2D eigenvalue weighted by atomic mass is 10.0. The third-order valence-electron chi connectivity index (χ3n) is 7.79. The van der Waals surface area contributed by atoms with Gasteiger partial charge in [-0.1, -0.05) is 11.6 Å². The zero-order valence-corrected chi connectivity index (χ0v) is 23.6. The number of ether oxygens (including phenoxy) is 1. The molecule has 2 fully saturated rings. The summed E-state index contributed by atoms with van der Waals surface area (Å²) in [6.45, 7) is 5.26. The highest BCUT2D eigenvalue weighted by molar-refractivity contribution is 6.31. The number of carbonyl (C=O) groups is 1. The number of carbonyl (C=O) groups excluding carboxylic acids is 1. The molecule has 2 aliphatic rings. The molecule has 12 heteroatoms. The van der Waals surface area contributed by atoms with Crippen molar-refractivity contribution in [2.75, 3.05) is 13.1 Å². The molecule has 1 amide bonds. The fourth-order valence-electron chi connectivity index (χ4n) is 5.46. The van der Waals surface area contributed by atoms with E-state index < -0.39 is 29.1 Å². The molecule has 0 bridgehead atoms. The van der Waals surface area contributed by atoms with Gasteiger partial charge in [0.25, 0.3) is 11.4 Å². The maximum Gasteiger partial charge on any atom is 0.274 e. The van der Waals surface area contributed by atoms with Crippen molar-refractivity contribution in [2.24, 2.45) is 0 Å².